The molecule has 1 fully saturated rings. The molecule has 4 rings (SSSR count). The zero-order valence-electron chi connectivity index (χ0n) is 13.9. The highest BCUT2D eigenvalue weighted by molar-refractivity contribution is 6.35. The van der Waals surface area contributed by atoms with Crippen LogP contribution in [0.1, 0.15) is 24.8 Å². The predicted molar refractivity (Wildman–Crippen MR) is 103 cm³/mol. The number of aromatic nitrogens is 1. The fourth-order valence-corrected chi connectivity index (χ4v) is 4.02. The second-order valence-electron chi connectivity index (χ2n) is 6.66. The molecule has 0 amide bonds. The Morgan fingerprint density at radius 2 is 1.71 bits per heavy atom. The fourth-order valence-electron chi connectivity index (χ4n) is 3.80. The zero-order valence-corrected chi connectivity index (χ0v) is 14.6. The Balaban J connectivity index is 1.72. The number of likely N-dealkylation sites (tertiary alicyclic amines) is 1. The predicted octanol–water partition coefficient (Wildman–Crippen LogP) is 5.52. The molecule has 2 heterocycles. The van der Waals surface area contributed by atoms with Gasteiger partial charge in [0.1, 0.15) is 0 Å². The molecule has 2 nitrogen and oxygen atoms in total. The van der Waals surface area contributed by atoms with E-state index >= 15 is 0 Å². The van der Waals surface area contributed by atoms with Crippen molar-refractivity contribution in [3.63, 3.8) is 0 Å². The molecule has 1 aliphatic heterocycles. The standard InChI is InChI=1S/C21H23ClN2/c22-19-11-7-10-17-18(12-15-24-13-5-2-6-14-24)20(23-21(17)19)16-8-3-1-4-9-16/h1,3-4,7-11,23H,2,5-6,12-15H2. The number of piperidine rings is 1. The summed E-state index contributed by atoms with van der Waals surface area (Å²) in [6.45, 7) is 3.60. The summed E-state index contributed by atoms with van der Waals surface area (Å²) in [5.41, 5.74) is 4.91. The highest BCUT2D eigenvalue weighted by Gasteiger charge is 2.17. The zero-order chi connectivity index (χ0) is 16.4. The Hall–Kier alpha value is -1.77. The molecule has 0 aliphatic carbocycles. The van der Waals surface area contributed by atoms with Crippen LogP contribution in [-0.2, 0) is 6.42 Å². The molecule has 3 heteroatoms. The highest BCUT2D eigenvalue weighted by atomic mass is 35.5. The van der Waals surface area contributed by atoms with Gasteiger partial charge in [-0.3, -0.25) is 0 Å². The van der Waals surface area contributed by atoms with Crippen LogP contribution in [0, 0.1) is 0 Å². The van der Waals surface area contributed by atoms with Gasteiger partial charge >= 0.3 is 0 Å². The Morgan fingerprint density at radius 3 is 2.50 bits per heavy atom. The van der Waals surface area contributed by atoms with Crippen LogP contribution in [0.25, 0.3) is 22.2 Å². The number of H-pyrrole nitrogens is 1. The lowest BCUT2D eigenvalue weighted by Gasteiger charge is -2.26. The van der Waals surface area contributed by atoms with Crippen LogP contribution in [0.3, 0.4) is 0 Å². The molecule has 1 saturated heterocycles. The van der Waals surface area contributed by atoms with E-state index < -0.39 is 0 Å². The summed E-state index contributed by atoms with van der Waals surface area (Å²) < 4.78 is 0. The molecule has 3 aromatic rings. The number of aromatic amines is 1. The summed E-state index contributed by atoms with van der Waals surface area (Å²) in [4.78, 5) is 6.18. The number of halogens is 1. The van der Waals surface area contributed by atoms with Gasteiger partial charge in [0.25, 0.3) is 0 Å². The Morgan fingerprint density at radius 1 is 0.917 bits per heavy atom. The molecular weight excluding hydrogens is 316 g/mol. The summed E-state index contributed by atoms with van der Waals surface area (Å²) >= 11 is 6.44. The Bertz CT molecular complexity index is 816. The van der Waals surface area contributed by atoms with E-state index in [9.17, 15) is 0 Å². The summed E-state index contributed by atoms with van der Waals surface area (Å²) in [6, 6.07) is 16.8. The number of para-hydroxylation sites is 1. The topological polar surface area (TPSA) is 19.0 Å². The van der Waals surface area contributed by atoms with Crippen LogP contribution in [0.2, 0.25) is 5.02 Å². The van der Waals surface area contributed by atoms with Crippen LogP contribution in [0.15, 0.2) is 48.5 Å². The largest absolute Gasteiger partial charge is 0.353 e. The van der Waals surface area contributed by atoms with Crippen molar-refractivity contribution in [3.8, 4) is 11.3 Å². The van der Waals surface area contributed by atoms with Crippen molar-refractivity contribution in [2.45, 2.75) is 25.7 Å². The van der Waals surface area contributed by atoms with Crippen LogP contribution >= 0.6 is 11.6 Å². The van der Waals surface area contributed by atoms with E-state index in [-0.39, 0.29) is 0 Å². The normalized spacial score (nSPS) is 15.9. The Labute approximate surface area is 148 Å². The maximum atomic E-state index is 6.44. The molecule has 0 atom stereocenters. The third-order valence-electron chi connectivity index (χ3n) is 5.08. The molecule has 0 spiro atoms. The highest BCUT2D eigenvalue weighted by Crippen LogP contribution is 2.34. The molecule has 0 bridgehead atoms. The van der Waals surface area contributed by atoms with Crippen molar-refractivity contribution in [3.05, 3.63) is 59.1 Å². The molecule has 1 aliphatic rings. The lowest BCUT2D eigenvalue weighted by molar-refractivity contribution is 0.232. The molecule has 24 heavy (non-hydrogen) atoms. The van der Waals surface area contributed by atoms with Gasteiger partial charge in [0.15, 0.2) is 0 Å². The summed E-state index contributed by atoms with van der Waals surface area (Å²) in [6.07, 6.45) is 5.12. The minimum absolute atomic E-state index is 0.800. The van der Waals surface area contributed by atoms with E-state index in [2.05, 4.69) is 52.3 Å². The minimum atomic E-state index is 0.800. The summed E-state index contributed by atoms with van der Waals surface area (Å²) in [7, 11) is 0. The third kappa shape index (κ3) is 3.09. The van der Waals surface area contributed by atoms with Crippen molar-refractivity contribution < 1.29 is 0 Å². The monoisotopic (exact) mass is 338 g/mol. The lowest BCUT2D eigenvalue weighted by atomic mass is 10.0. The minimum Gasteiger partial charge on any atom is -0.353 e. The number of fused-ring (bicyclic) bond motifs is 1. The van der Waals surface area contributed by atoms with Crippen molar-refractivity contribution in [1.29, 1.82) is 0 Å². The first-order valence-corrected chi connectivity index (χ1v) is 9.27. The van der Waals surface area contributed by atoms with E-state index in [1.807, 2.05) is 6.07 Å². The number of benzene rings is 2. The van der Waals surface area contributed by atoms with Gasteiger partial charge in [-0.05, 0) is 49.5 Å². The maximum absolute atomic E-state index is 6.44. The van der Waals surface area contributed by atoms with Gasteiger partial charge in [0.2, 0.25) is 0 Å². The van der Waals surface area contributed by atoms with Crippen molar-refractivity contribution in [2.75, 3.05) is 19.6 Å². The number of nitrogens with one attached hydrogen (secondary N) is 1. The SMILES string of the molecule is Clc1cccc2c(CCN3CCCCC3)c(-c3ccccc3)[nH]c12. The maximum Gasteiger partial charge on any atom is 0.0651 e. The number of hydrogen-bond acceptors (Lipinski definition) is 1. The van der Waals surface area contributed by atoms with Crippen molar-refractivity contribution >= 4 is 22.5 Å². The van der Waals surface area contributed by atoms with Crippen LogP contribution < -0.4 is 0 Å². The van der Waals surface area contributed by atoms with Crippen molar-refractivity contribution in [2.24, 2.45) is 0 Å². The first kappa shape index (κ1) is 15.7. The van der Waals surface area contributed by atoms with Gasteiger partial charge in [-0.1, -0.05) is 60.5 Å². The molecule has 1 N–H and O–H groups in total. The van der Waals surface area contributed by atoms with Gasteiger partial charge in [0.05, 0.1) is 10.5 Å². The number of nitrogens with zero attached hydrogens (tertiary/aromatic N) is 1. The average molecular weight is 339 g/mol. The van der Waals surface area contributed by atoms with Gasteiger partial charge in [-0.2, -0.15) is 0 Å². The average Bonchev–Trinajstić information content (AvgIpc) is 3.02. The first-order chi connectivity index (χ1) is 11.8. The van der Waals surface area contributed by atoms with E-state index in [1.54, 1.807) is 0 Å². The molecule has 124 valence electrons. The van der Waals surface area contributed by atoms with Gasteiger partial charge < -0.3 is 9.88 Å². The number of hydrogen-bond donors (Lipinski definition) is 1. The molecule has 0 unspecified atom stereocenters. The van der Waals surface area contributed by atoms with Crippen LogP contribution in [0.5, 0.6) is 0 Å². The molecule has 1 aromatic heterocycles. The Kier molecular flexibility index (Phi) is 4.59. The smallest absolute Gasteiger partial charge is 0.0651 e. The quantitative estimate of drug-likeness (QED) is 0.664. The molecule has 2 aromatic carbocycles. The van der Waals surface area contributed by atoms with Gasteiger partial charge in [0, 0.05) is 17.6 Å². The molecule has 0 radical (unpaired) electrons. The fraction of sp³-hybridized carbons (Fsp3) is 0.333. The van der Waals surface area contributed by atoms with E-state index in [0.717, 1.165) is 23.5 Å². The second-order valence-corrected chi connectivity index (χ2v) is 7.07. The van der Waals surface area contributed by atoms with E-state index in [1.165, 1.54) is 54.6 Å². The van der Waals surface area contributed by atoms with Gasteiger partial charge in [-0.15, -0.1) is 0 Å². The van der Waals surface area contributed by atoms with Crippen LogP contribution in [0.4, 0.5) is 0 Å². The van der Waals surface area contributed by atoms with E-state index in [4.69, 9.17) is 11.6 Å². The first-order valence-electron chi connectivity index (χ1n) is 8.90. The summed E-state index contributed by atoms with van der Waals surface area (Å²) in [5, 5.41) is 2.06. The lowest BCUT2D eigenvalue weighted by Crippen LogP contribution is -2.31. The molecular formula is C21H23ClN2. The number of rotatable bonds is 4. The van der Waals surface area contributed by atoms with Crippen LogP contribution in [-0.4, -0.2) is 29.5 Å². The second kappa shape index (κ2) is 7.00. The van der Waals surface area contributed by atoms with Gasteiger partial charge in [-0.25, -0.2) is 0 Å². The third-order valence-corrected chi connectivity index (χ3v) is 5.39. The molecule has 0 saturated carbocycles. The van der Waals surface area contributed by atoms with E-state index in [0.29, 0.717) is 0 Å². The van der Waals surface area contributed by atoms with Crippen molar-refractivity contribution in [1.82, 2.24) is 9.88 Å². The summed E-state index contributed by atoms with van der Waals surface area (Å²) in [5.74, 6) is 0.